The zero-order valence-corrected chi connectivity index (χ0v) is 6.42. The minimum Gasteiger partial charge on any atom is -0.497 e. The molecule has 1 aliphatic heterocycles. The Bertz CT molecular complexity index is 213. The highest BCUT2D eigenvalue weighted by atomic mass is 16.5. The van der Waals surface area contributed by atoms with Crippen LogP contribution in [0.15, 0.2) is 23.5 Å². The smallest absolute Gasteiger partial charge is 0.109 e. The first-order valence-electron chi connectivity index (χ1n) is 3.82. The predicted octanol–water partition coefficient (Wildman–Crippen LogP) is 2.11. The van der Waals surface area contributed by atoms with Crippen molar-refractivity contribution in [2.45, 2.75) is 13.8 Å². The zero-order chi connectivity index (χ0) is 7.14. The van der Waals surface area contributed by atoms with Gasteiger partial charge in [-0.05, 0) is 29.1 Å². The topological polar surface area (TPSA) is 9.23 Å². The van der Waals surface area contributed by atoms with E-state index in [0.717, 1.165) is 18.4 Å². The van der Waals surface area contributed by atoms with Gasteiger partial charge in [-0.25, -0.2) is 0 Å². The SMILES string of the molecule is CC1C2=C(COC=C2)C1C. The van der Waals surface area contributed by atoms with Gasteiger partial charge >= 0.3 is 0 Å². The van der Waals surface area contributed by atoms with Gasteiger partial charge in [0, 0.05) is 0 Å². The quantitative estimate of drug-likeness (QED) is 0.495. The van der Waals surface area contributed by atoms with Crippen molar-refractivity contribution in [1.29, 1.82) is 0 Å². The summed E-state index contributed by atoms with van der Waals surface area (Å²) in [6.07, 6.45) is 3.91. The third kappa shape index (κ3) is 0.578. The number of allylic oxidation sites excluding steroid dienone is 2. The van der Waals surface area contributed by atoms with Crippen LogP contribution in [0.2, 0.25) is 0 Å². The lowest BCUT2D eigenvalue weighted by Crippen LogP contribution is -2.29. The maximum Gasteiger partial charge on any atom is 0.109 e. The van der Waals surface area contributed by atoms with Crippen LogP contribution in [-0.2, 0) is 4.74 Å². The van der Waals surface area contributed by atoms with Crippen LogP contribution >= 0.6 is 0 Å². The van der Waals surface area contributed by atoms with Crippen molar-refractivity contribution in [3.8, 4) is 0 Å². The van der Waals surface area contributed by atoms with E-state index >= 15 is 0 Å². The Morgan fingerprint density at radius 2 is 2.20 bits per heavy atom. The van der Waals surface area contributed by atoms with Crippen LogP contribution in [0, 0.1) is 11.8 Å². The van der Waals surface area contributed by atoms with E-state index in [4.69, 9.17) is 4.74 Å². The van der Waals surface area contributed by atoms with Crippen molar-refractivity contribution < 1.29 is 4.74 Å². The summed E-state index contributed by atoms with van der Waals surface area (Å²) in [7, 11) is 0. The number of hydrogen-bond donors (Lipinski definition) is 0. The van der Waals surface area contributed by atoms with Crippen LogP contribution in [0.25, 0.3) is 0 Å². The Labute approximate surface area is 61.4 Å². The average molecular weight is 136 g/mol. The molecular weight excluding hydrogens is 124 g/mol. The third-order valence-electron chi connectivity index (χ3n) is 2.74. The van der Waals surface area contributed by atoms with Gasteiger partial charge in [-0.1, -0.05) is 13.8 Å². The van der Waals surface area contributed by atoms with E-state index < -0.39 is 0 Å². The fraction of sp³-hybridized carbons (Fsp3) is 0.556. The molecule has 2 atom stereocenters. The number of rotatable bonds is 0. The minimum absolute atomic E-state index is 0.750. The van der Waals surface area contributed by atoms with Crippen molar-refractivity contribution in [2.24, 2.45) is 11.8 Å². The standard InChI is InChI=1S/C9H12O/c1-6-7(2)9-5-10-4-3-8(6)9/h3-4,6-7H,5H2,1-2H3. The van der Waals surface area contributed by atoms with E-state index in [1.807, 2.05) is 0 Å². The van der Waals surface area contributed by atoms with E-state index in [9.17, 15) is 0 Å². The van der Waals surface area contributed by atoms with Crippen LogP contribution < -0.4 is 0 Å². The van der Waals surface area contributed by atoms with Crippen LogP contribution in [0.3, 0.4) is 0 Å². The molecule has 0 aromatic heterocycles. The molecular formula is C9H12O. The van der Waals surface area contributed by atoms with E-state index in [1.165, 1.54) is 11.1 Å². The normalized spacial score (nSPS) is 36.6. The Kier molecular flexibility index (Phi) is 1.13. The number of hydrogen-bond acceptors (Lipinski definition) is 1. The average Bonchev–Trinajstić information content (AvgIpc) is 2.03. The largest absolute Gasteiger partial charge is 0.497 e. The van der Waals surface area contributed by atoms with Gasteiger partial charge in [-0.3, -0.25) is 0 Å². The summed E-state index contributed by atoms with van der Waals surface area (Å²) in [5, 5.41) is 0. The summed E-state index contributed by atoms with van der Waals surface area (Å²) in [4.78, 5) is 0. The Hall–Kier alpha value is -0.720. The molecule has 1 nitrogen and oxygen atoms in total. The Balaban J connectivity index is 2.30. The molecule has 2 rings (SSSR count). The van der Waals surface area contributed by atoms with Crippen LogP contribution in [-0.4, -0.2) is 6.61 Å². The molecule has 0 radical (unpaired) electrons. The lowest BCUT2D eigenvalue weighted by molar-refractivity contribution is 0.232. The molecule has 0 aromatic rings. The molecule has 10 heavy (non-hydrogen) atoms. The van der Waals surface area contributed by atoms with Crippen molar-refractivity contribution >= 4 is 0 Å². The lowest BCUT2D eigenvalue weighted by atomic mass is 9.69. The monoisotopic (exact) mass is 136 g/mol. The highest BCUT2D eigenvalue weighted by Crippen LogP contribution is 2.42. The molecule has 0 saturated heterocycles. The highest BCUT2D eigenvalue weighted by molar-refractivity contribution is 5.40. The van der Waals surface area contributed by atoms with E-state index in [1.54, 1.807) is 6.26 Å². The van der Waals surface area contributed by atoms with Crippen molar-refractivity contribution in [3.05, 3.63) is 23.5 Å². The maximum absolute atomic E-state index is 5.18. The first kappa shape index (κ1) is 6.02. The van der Waals surface area contributed by atoms with Gasteiger partial charge < -0.3 is 4.74 Å². The van der Waals surface area contributed by atoms with Gasteiger partial charge in [0.1, 0.15) is 6.61 Å². The van der Waals surface area contributed by atoms with Gasteiger partial charge in [0.05, 0.1) is 6.26 Å². The van der Waals surface area contributed by atoms with E-state index in [0.29, 0.717) is 0 Å². The fourth-order valence-corrected chi connectivity index (χ4v) is 1.76. The summed E-state index contributed by atoms with van der Waals surface area (Å²) < 4.78 is 5.18. The summed E-state index contributed by atoms with van der Waals surface area (Å²) in [5.74, 6) is 1.51. The van der Waals surface area contributed by atoms with Crippen LogP contribution in [0.5, 0.6) is 0 Å². The highest BCUT2D eigenvalue weighted by Gasteiger charge is 2.33. The van der Waals surface area contributed by atoms with Crippen molar-refractivity contribution in [3.63, 3.8) is 0 Å². The molecule has 1 aliphatic carbocycles. The van der Waals surface area contributed by atoms with Gasteiger partial charge in [0.25, 0.3) is 0 Å². The molecule has 54 valence electrons. The molecule has 0 N–H and O–H groups in total. The summed E-state index contributed by atoms with van der Waals surface area (Å²) >= 11 is 0. The van der Waals surface area contributed by atoms with Crippen molar-refractivity contribution in [1.82, 2.24) is 0 Å². The molecule has 0 aromatic carbocycles. The van der Waals surface area contributed by atoms with Gasteiger partial charge in [0.15, 0.2) is 0 Å². The summed E-state index contributed by atoms with van der Waals surface area (Å²) in [6, 6.07) is 0. The molecule has 2 unspecified atom stereocenters. The second-order valence-corrected chi connectivity index (χ2v) is 3.17. The minimum atomic E-state index is 0.750. The predicted molar refractivity (Wildman–Crippen MR) is 40.4 cm³/mol. The molecule has 2 aliphatic rings. The fourth-order valence-electron chi connectivity index (χ4n) is 1.76. The molecule has 0 saturated carbocycles. The van der Waals surface area contributed by atoms with Crippen molar-refractivity contribution in [2.75, 3.05) is 6.61 Å². The molecule has 0 fully saturated rings. The first-order valence-corrected chi connectivity index (χ1v) is 3.82. The van der Waals surface area contributed by atoms with Gasteiger partial charge in [0.2, 0.25) is 0 Å². The second kappa shape index (κ2) is 1.88. The molecule has 0 spiro atoms. The molecule has 1 heteroatoms. The van der Waals surface area contributed by atoms with Crippen LogP contribution in [0.4, 0.5) is 0 Å². The van der Waals surface area contributed by atoms with Crippen LogP contribution in [0.1, 0.15) is 13.8 Å². The summed E-state index contributed by atoms with van der Waals surface area (Å²) in [6.45, 7) is 5.38. The molecule has 1 heterocycles. The Morgan fingerprint density at radius 1 is 1.40 bits per heavy atom. The molecule has 0 bridgehead atoms. The third-order valence-corrected chi connectivity index (χ3v) is 2.74. The van der Waals surface area contributed by atoms with E-state index in [-0.39, 0.29) is 0 Å². The first-order chi connectivity index (χ1) is 4.80. The zero-order valence-electron chi connectivity index (χ0n) is 6.42. The molecule has 0 amide bonds. The lowest BCUT2D eigenvalue weighted by Gasteiger charge is -2.38. The Morgan fingerprint density at radius 3 is 2.90 bits per heavy atom. The number of ether oxygens (including phenoxy) is 1. The summed E-state index contributed by atoms with van der Waals surface area (Å²) in [5.41, 5.74) is 3.02. The van der Waals surface area contributed by atoms with Gasteiger partial charge in [-0.15, -0.1) is 0 Å². The second-order valence-electron chi connectivity index (χ2n) is 3.17. The van der Waals surface area contributed by atoms with E-state index in [2.05, 4.69) is 19.9 Å². The maximum atomic E-state index is 5.18. The van der Waals surface area contributed by atoms with Gasteiger partial charge in [-0.2, -0.15) is 0 Å².